The molecule has 0 bridgehead atoms. The number of aryl methyl sites for hydroxylation is 1. The van der Waals surface area contributed by atoms with Crippen LogP contribution < -0.4 is 37.2 Å². The molecule has 9 aliphatic heterocycles. The lowest BCUT2D eigenvalue weighted by Crippen LogP contribution is -2.45. The van der Waals surface area contributed by atoms with Crippen molar-refractivity contribution in [1.82, 2.24) is 91.5 Å². The van der Waals surface area contributed by atoms with Crippen LogP contribution in [0.1, 0.15) is 242 Å². The molecule has 15 aliphatic rings. The number of hydrogen-bond acceptors (Lipinski definition) is 20. The van der Waals surface area contributed by atoms with Crippen molar-refractivity contribution in [2.45, 2.75) is 220 Å². The standard InChI is InChI=1S/C25H27ClN4O3.C23H31N5O2.C23H32N4O2.C23H31N3O4.C19H24N4O3/c1-16-2-3-18(20(26)10-16)13-29-24(32)30-8-5-25(6-9-30)12-19(25)14-28-23(31)21-11-17-4-7-27-15-22(17)33-21;29-21(11-20-3-1-2-7-25-20)27-9-5-23(6-10-27)12-19(23)14-26-22(30)28-15-17-4-8-24-13-18(17)16-28;1-22(4-2-5-22)12-20(28)26-9-6-23(7-10-26)11-19(23)14-25-21(29)27-15-17-3-8-24-13-18(17)16-27;1-23(29)13-17(14-23)11-21(27)26-9-5-16(6-10-26)3-2-7-25-22(28)19-12-18-4-8-24-15-20(18)30-19;1-2-21-18(25)23-7-4-19(5-8-23)10-14(19)11-22-17(24)15-9-13-3-6-20-12-16(13)26-15/h2-4,7,10-11,15,19H,5-6,8-9,12-14H2,1H3,(H,28,31)(H,29,32);1,3,13,19H,2,4-12,14-16H2,(H,26,30);3,8,13,19H,2,4-7,9-12,14-16H2,1H3,(H,25,29);4,8,12,15-17,29H,2-3,5-7,9-11,13-14H2,1H3,(H,25,28);3,6,9,12,14H,2,4-5,7-8,10-11H2,1H3,(H,21,25)(H,22,24). The zero-order chi connectivity index (χ0) is 103. The number of nitrogens with zero attached hydrogens (tertiary/aromatic N) is 13. The van der Waals surface area contributed by atoms with Gasteiger partial charge in [-0.25, -0.2) is 19.2 Å². The van der Waals surface area contributed by atoms with Gasteiger partial charge in [0.05, 0.1) is 30.6 Å². The fourth-order valence-electron chi connectivity index (χ4n) is 24.8. The van der Waals surface area contributed by atoms with Gasteiger partial charge < -0.3 is 89.9 Å². The van der Waals surface area contributed by atoms with Gasteiger partial charge in [-0.3, -0.25) is 58.7 Å². The van der Waals surface area contributed by atoms with Crippen LogP contribution in [0.3, 0.4) is 0 Å². The lowest BCUT2D eigenvalue weighted by Gasteiger charge is -2.42. The van der Waals surface area contributed by atoms with Crippen molar-refractivity contribution in [3.8, 4) is 0 Å². The number of hydrogen-bond donors (Lipinski definition) is 8. The number of amides is 14. The first-order valence-corrected chi connectivity index (χ1v) is 54.5. The molecular formula is C113H145ClN20O14. The number of urea groups is 4. The number of carbonyl (C=O) groups excluding carboxylic acids is 10. The van der Waals surface area contributed by atoms with Crippen LogP contribution in [0, 0.1) is 69.5 Å². The predicted molar refractivity (Wildman–Crippen MR) is 563 cm³/mol. The highest BCUT2D eigenvalue weighted by Crippen LogP contribution is 2.62. The van der Waals surface area contributed by atoms with E-state index in [1.807, 2.05) is 111 Å². The van der Waals surface area contributed by atoms with Gasteiger partial charge >= 0.3 is 24.1 Å². The number of aliphatic imine (C=N–C) groups is 2. The van der Waals surface area contributed by atoms with Crippen LogP contribution in [0.25, 0.3) is 32.9 Å². The average Bonchev–Trinajstić information content (AvgIpc) is 1.60. The summed E-state index contributed by atoms with van der Waals surface area (Å²) < 4.78 is 16.7. The number of rotatable bonds is 24. The molecule has 34 nitrogen and oxygen atoms in total. The molecule has 4 spiro atoms. The van der Waals surface area contributed by atoms with Crippen LogP contribution in [0.4, 0.5) is 19.2 Å². The molecule has 16 heterocycles. The zero-order valence-corrected chi connectivity index (χ0v) is 86.9. The summed E-state index contributed by atoms with van der Waals surface area (Å²) in [6.07, 6.45) is 45.3. The van der Waals surface area contributed by atoms with Crippen molar-refractivity contribution in [1.29, 1.82) is 0 Å². The van der Waals surface area contributed by atoms with E-state index in [-0.39, 0.29) is 64.5 Å². The van der Waals surface area contributed by atoms with Crippen molar-refractivity contribution in [3.05, 3.63) is 178 Å². The molecule has 11 fully saturated rings. The molecule has 6 saturated carbocycles. The van der Waals surface area contributed by atoms with Crippen molar-refractivity contribution >= 4 is 116 Å². The molecule has 8 aromatic rings. The van der Waals surface area contributed by atoms with Gasteiger partial charge in [-0.05, 0) is 313 Å². The van der Waals surface area contributed by atoms with E-state index in [1.54, 1.807) is 61.6 Å². The molecular weight excluding hydrogens is 1900 g/mol. The van der Waals surface area contributed by atoms with Gasteiger partial charge in [-0.2, -0.15) is 0 Å². The van der Waals surface area contributed by atoms with Gasteiger partial charge in [0.1, 0.15) is 0 Å². The molecule has 23 rings (SSSR count). The maximum atomic E-state index is 12.6. The molecule has 1 aromatic carbocycles. The highest BCUT2D eigenvalue weighted by Gasteiger charge is 2.59. The Morgan fingerprint density at radius 1 is 0.473 bits per heavy atom. The summed E-state index contributed by atoms with van der Waals surface area (Å²) in [6.45, 7) is 25.1. The van der Waals surface area contributed by atoms with Gasteiger partial charge in [0.15, 0.2) is 34.0 Å². The molecule has 35 heteroatoms. The number of halogens is 1. The Balaban J connectivity index is 0.000000117. The number of nitrogens with one attached hydrogen (secondary N) is 7. The summed E-state index contributed by atoms with van der Waals surface area (Å²) in [5, 5.41) is 34.2. The van der Waals surface area contributed by atoms with Gasteiger partial charge in [-0.15, -0.1) is 0 Å². The fourth-order valence-corrected chi connectivity index (χ4v) is 25.1. The van der Waals surface area contributed by atoms with Crippen LogP contribution in [0.15, 0.2) is 157 Å². The second-order valence-electron chi connectivity index (χ2n) is 45.3. The van der Waals surface area contributed by atoms with Crippen LogP contribution in [0.5, 0.6) is 0 Å². The molecule has 8 N–H and O–H groups in total. The Morgan fingerprint density at radius 3 is 1.43 bits per heavy atom. The largest absolute Gasteiger partial charge is 0.449 e. The van der Waals surface area contributed by atoms with E-state index < -0.39 is 5.60 Å². The van der Waals surface area contributed by atoms with Gasteiger partial charge in [0, 0.05) is 227 Å². The zero-order valence-electron chi connectivity index (χ0n) is 86.2. The van der Waals surface area contributed by atoms with E-state index in [1.165, 1.54) is 48.8 Å². The maximum absolute atomic E-state index is 12.6. The van der Waals surface area contributed by atoms with Crippen molar-refractivity contribution in [2.24, 2.45) is 72.6 Å². The summed E-state index contributed by atoms with van der Waals surface area (Å²) in [5.41, 5.74) is 10.7. The second kappa shape index (κ2) is 45.5. The molecule has 6 aliphatic carbocycles. The SMILES string of the molecule is CC1(CC(=O)N2CCC3(CC2)CC3CNC(=O)N2Cc3ccncc3C2)CCC1.CC1(O)CC(CC(=O)N2CCC(CCCNC(=O)c3cc4ccncc4o3)CC2)C1.CCNC(=O)N1CCC2(CC1)CC2CNC(=O)c1cc2ccncc2o1.Cc1ccc(CNC(=O)N2CCC3(CC2)CC3CNC(=O)c2cc3ccncc3o2)c(Cl)c1.O=C(CC1=NCCC=C1)N1CCC2(CC1)CC2CNC(=O)N1CC2=C(CCN=C2)C1. The quantitative estimate of drug-likeness (QED) is 0.0260. The van der Waals surface area contributed by atoms with E-state index >= 15 is 0 Å². The number of allylic oxidation sites excluding steroid dienone is 1. The first-order valence-electron chi connectivity index (χ1n) is 54.1. The molecule has 4 unspecified atom stereocenters. The fraction of sp³-hybridized carbons (Fsp3) is 0.575. The van der Waals surface area contributed by atoms with Gasteiger partial charge in [0.2, 0.25) is 17.7 Å². The molecule has 5 saturated heterocycles. The van der Waals surface area contributed by atoms with Crippen LogP contribution in [-0.4, -0.2) is 267 Å². The number of piperidine rings is 5. The molecule has 7 aromatic heterocycles. The number of dihydropyridines is 2. The smallest absolute Gasteiger partial charge is 0.318 e. The topological polar surface area (TPSA) is 414 Å². The first-order chi connectivity index (χ1) is 71.5. The number of carbonyl (C=O) groups is 10. The van der Waals surface area contributed by atoms with E-state index in [2.05, 4.69) is 85.0 Å². The minimum atomic E-state index is -0.561. The van der Waals surface area contributed by atoms with Crippen LogP contribution in [0.2, 0.25) is 5.02 Å². The number of likely N-dealkylation sites (tertiary alicyclic amines) is 5. The van der Waals surface area contributed by atoms with Crippen LogP contribution >= 0.6 is 11.6 Å². The van der Waals surface area contributed by atoms with Gasteiger partial charge in [0.25, 0.3) is 17.7 Å². The summed E-state index contributed by atoms with van der Waals surface area (Å²) in [5.74, 6) is 4.20. The third-order valence-corrected chi connectivity index (χ3v) is 35.4. The number of furan rings is 3. The number of benzene rings is 1. The third kappa shape index (κ3) is 25.4. The number of aliphatic hydroxyl groups is 1. The van der Waals surface area contributed by atoms with Gasteiger partial charge in [-0.1, -0.05) is 43.2 Å². The maximum Gasteiger partial charge on any atom is 0.318 e. The lowest BCUT2D eigenvalue weighted by molar-refractivity contribution is -0.138. The summed E-state index contributed by atoms with van der Waals surface area (Å²) >= 11 is 6.27. The molecule has 0 radical (unpaired) electrons. The highest BCUT2D eigenvalue weighted by atomic mass is 35.5. The van der Waals surface area contributed by atoms with E-state index in [9.17, 15) is 53.1 Å². The molecule has 148 heavy (non-hydrogen) atoms. The Kier molecular flexibility index (Phi) is 31.9. The molecule has 14 amide bonds. The number of aromatic nitrogens is 4. The van der Waals surface area contributed by atoms with Crippen molar-refractivity contribution in [2.75, 3.05) is 131 Å². The van der Waals surface area contributed by atoms with Crippen molar-refractivity contribution in [3.63, 3.8) is 0 Å². The predicted octanol–water partition coefficient (Wildman–Crippen LogP) is 15.6. The first kappa shape index (κ1) is 104. The highest BCUT2D eigenvalue weighted by molar-refractivity contribution is 6.31. The summed E-state index contributed by atoms with van der Waals surface area (Å²) in [6, 6.07) is 18.6. The Bertz CT molecular complexity index is 6180. The van der Waals surface area contributed by atoms with E-state index in [4.69, 9.17) is 24.9 Å². The second-order valence-corrected chi connectivity index (χ2v) is 45.7. The third-order valence-electron chi connectivity index (χ3n) is 35.0. The monoisotopic (exact) mass is 2040 g/mol. The van der Waals surface area contributed by atoms with E-state index in [0.29, 0.717) is 162 Å². The Morgan fingerprint density at radius 2 is 0.946 bits per heavy atom. The minimum Gasteiger partial charge on any atom is -0.449 e. The molecule has 4 atom stereocenters. The number of pyridine rings is 4. The van der Waals surface area contributed by atoms with Crippen LogP contribution in [-0.2, 0) is 34.0 Å². The number of fused-ring (bicyclic) bond motifs is 4. The minimum absolute atomic E-state index is 0.0320. The summed E-state index contributed by atoms with van der Waals surface area (Å²) in [7, 11) is 0. The normalized spacial score (nSPS) is 23.4. The summed E-state index contributed by atoms with van der Waals surface area (Å²) in [4.78, 5) is 163. The average molecular weight is 2040 g/mol. The lowest BCUT2D eigenvalue weighted by atomic mass is 9.68. The molecule has 788 valence electrons. The van der Waals surface area contributed by atoms with E-state index in [0.717, 1.165) is 259 Å². The Hall–Kier alpha value is -12.6. The van der Waals surface area contributed by atoms with Crippen molar-refractivity contribution < 1.29 is 66.3 Å². The Labute approximate surface area is 870 Å².